The van der Waals surface area contributed by atoms with Gasteiger partial charge in [0.25, 0.3) is 5.97 Å². The molecule has 0 spiro atoms. The number of carbonyl (C=O) groups is 1. The zero-order chi connectivity index (χ0) is 7.11. The summed E-state index contributed by atoms with van der Waals surface area (Å²) in [5.41, 5.74) is 0. The Balaban J connectivity index is -0.000000101. The van der Waals surface area contributed by atoms with Crippen LogP contribution in [0.25, 0.3) is 0 Å². The maximum atomic E-state index is 9.00. The maximum absolute atomic E-state index is 9.00. The summed E-state index contributed by atoms with van der Waals surface area (Å²) in [6.07, 6.45) is 0. The summed E-state index contributed by atoms with van der Waals surface area (Å²) in [6, 6.07) is 4.04. The Kier molecular flexibility index (Phi) is 11.7. The Morgan fingerprint density at radius 2 is 1.80 bits per heavy atom. The third kappa shape index (κ3) is 15.7. The van der Waals surface area contributed by atoms with E-state index < -0.39 is 5.97 Å². The van der Waals surface area contributed by atoms with Crippen LogP contribution in [0, 0.1) is 0 Å². The van der Waals surface area contributed by atoms with Crippen LogP contribution in [0.1, 0.15) is 8.35 Å². The van der Waals surface area contributed by atoms with Gasteiger partial charge in [0.15, 0.2) is 0 Å². The van der Waals surface area contributed by atoms with Gasteiger partial charge in [-0.25, -0.2) is 0 Å². The number of hydrogen-bond donors (Lipinski definition) is 1. The van der Waals surface area contributed by atoms with Gasteiger partial charge in [0.1, 0.15) is 0 Å². The minimum absolute atomic E-state index is 0. The summed E-state index contributed by atoms with van der Waals surface area (Å²) in [4.78, 5) is 9.00. The van der Waals surface area contributed by atoms with E-state index in [1.165, 1.54) is 0 Å². The van der Waals surface area contributed by atoms with Crippen LogP contribution in [0.3, 0.4) is 0 Å². The molecule has 1 rings (SSSR count). The molecular weight excluding hydrogens is 159 g/mol. The van der Waals surface area contributed by atoms with E-state index in [0.717, 1.165) is 6.92 Å². The maximum Gasteiger partial charge on any atom is 1.00 e. The fourth-order valence-electron chi connectivity index (χ4n) is 0.227. The van der Waals surface area contributed by atoms with Gasteiger partial charge in [0.05, 0.1) is 0 Å². The van der Waals surface area contributed by atoms with Crippen molar-refractivity contribution in [2.45, 2.75) is 6.92 Å². The van der Waals surface area contributed by atoms with Crippen LogP contribution >= 0.6 is 11.3 Å². The van der Waals surface area contributed by atoms with Crippen LogP contribution in [-0.4, -0.2) is 11.1 Å². The van der Waals surface area contributed by atoms with E-state index in [1.807, 2.05) is 22.9 Å². The first-order chi connectivity index (χ1) is 4.23. The SMILES string of the molecule is CC(=O)O.[H-].[Na+].c1ccsc1. The van der Waals surface area contributed by atoms with Crippen molar-refractivity contribution >= 4 is 17.3 Å². The molecule has 0 saturated carbocycles. The van der Waals surface area contributed by atoms with Gasteiger partial charge < -0.3 is 6.53 Å². The number of carboxylic acid groups (broad SMARTS) is 1. The van der Waals surface area contributed by atoms with Crippen LogP contribution in [-0.2, 0) is 4.79 Å². The van der Waals surface area contributed by atoms with Crippen molar-refractivity contribution in [2.24, 2.45) is 0 Å². The second kappa shape index (κ2) is 9.17. The first-order valence-electron chi connectivity index (χ1n) is 2.40. The third-order valence-corrected chi connectivity index (χ3v) is 1.05. The molecule has 0 radical (unpaired) electrons. The molecule has 0 aromatic carbocycles. The van der Waals surface area contributed by atoms with Gasteiger partial charge in [-0.3, -0.25) is 4.79 Å². The van der Waals surface area contributed by atoms with Gasteiger partial charge in [0, 0.05) is 6.92 Å². The van der Waals surface area contributed by atoms with Crippen molar-refractivity contribution in [3.63, 3.8) is 0 Å². The molecule has 10 heavy (non-hydrogen) atoms. The van der Waals surface area contributed by atoms with E-state index in [0.29, 0.717) is 0 Å². The smallest absolute Gasteiger partial charge is 1.00 e. The normalized spacial score (nSPS) is 6.50. The van der Waals surface area contributed by atoms with E-state index in [-0.39, 0.29) is 31.0 Å². The number of carboxylic acids is 1. The molecule has 0 aliphatic heterocycles. The molecule has 52 valence electrons. The molecule has 0 aliphatic carbocycles. The van der Waals surface area contributed by atoms with Crippen molar-refractivity contribution in [3.05, 3.63) is 22.9 Å². The van der Waals surface area contributed by atoms with Gasteiger partial charge >= 0.3 is 29.6 Å². The average molecular weight is 168 g/mol. The van der Waals surface area contributed by atoms with Crippen molar-refractivity contribution in [3.8, 4) is 0 Å². The summed E-state index contributed by atoms with van der Waals surface area (Å²) in [5.74, 6) is -0.833. The molecule has 1 heterocycles. The van der Waals surface area contributed by atoms with Gasteiger partial charge in [-0.05, 0) is 10.8 Å². The van der Waals surface area contributed by atoms with E-state index in [4.69, 9.17) is 9.90 Å². The van der Waals surface area contributed by atoms with E-state index in [1.54, 1.807) is 11.3 Å². The van der Waals surface area contributed by atoms with Crippen LogP contribution in [0.4, 0.5) is 0 Å². The fraction of sp³-hybridized carbons (Fsp3) is 0.167. The Morgan fingerprint density at radius 3 is 1.90 bits per heavy atom. The Hall–Kier alpha value is 0.170. The second-order valence-electron chi connectivity index (χ2n) is 1.31. The minimum atomic E-state index is -0.833. The van der Waals surface area contributed by atoms with Gasteiger partial charge in [0.2, 0.25) is 0 Å². The molecule has 1 aromatic heterocycles. The molecule has 0 saturated heterocycles. The quantitative estimate of drug-likeness (QED) is 0.502. The predicted molar refractivity (Wildman–Crippen MR) is 38.7 cm³/mol. The van der Waals surface area contributed by atoms with E-state index in [2.05, 4.69) is 0 Å². The first-order valence-corrected chi connectivity index (χ1v) is 3.34. The molecule has 0 unspecified atom stereocenters. The Morgan fingerprint density at radius 1 is 1.50 bits per heavy atom. The fourth-order valence-corrected chi connectivity index (χ4v) is 0.680. The van der Waals surface area contributed by atoms with Gasteiger partial charge in [-0.2, -0.15) is 11.3 Å². The molecule has 0 aliphatic rings. The minimum Gasteiger partial charge on any atom is -1.00 e. The van der Waals surface area contributed by atoms with Crippen molar-refractivity contribution in [1.82, 2.24) is 0 Å². The molecule has 0 fully saturated rings. The van der Waals surface area contributed by atoms with Crippen LogP contribution in [0.2, 0.25) is 0 Å². The summed E-state index contributed by atoms with van der Waals surface area (Å²) < 4.78 is 0. The molecule has 4 heteroatoms. The standard InChI is InChI=1S/C4H4S.C2H4O2.Na.H/c1-2-4-5-3-1;1-2(3)4;;/h1-4H;1H3,(H,3,4);;/q;;+1;-1. The zero-order valence-electron chi connectivity index (χ0n) is 7.07. The topological polar surface area (TPSA) is 37.3 Å². The summed E-state index contributed by atoms with van der Waals surface area (Å²) in [7, 11) is 0. The zero-order valence-corrected chi connectivity index (χ0v) is 8.89. The number of rotatable bonds is 0. The van der Waals surface area contributed by atoms with Gasteiger partial charge in [-0.1, -0.05) is 12.1 Å². The Bertz CT molecular complexity index is 134. The number of hydrogen-bond acceptors (Lipinski definition) is 2. The molecule has 0 bridgehead atoms. The molecule has 0 amide bonds. The van der Waals surface area contributed by atoms with Crippen molar-refractivity contribution < 1.29 is 40.9 Å². The molecule has 1 N–H and O–H groups in total. The van der Waals surface area contributed by atoms with Crippen LogP contribution in [0.5, 0.6) is 0 Å². The average Bonchev–Trinajstić information content (AvgIpc) is 2.11. The number of aliphatic carboxylic acids is 1. The van der Waals surface area contributed by atoms with E-state index >= 15 is 0 Å². The molecule has 0 atom stereocenters. The predicted octanol–water partition coefficient (Wildman–Crippen LogP) is -1.04. The molecule has 2 nitrogen and oxygen atoms in total. The van der Waals surface area contributed by atoms with Gasteiger partial charge in [-0.15, -0.1) is 0 Å². The first kappa shape index (κ1) is 12.8. The second-order valence-corrected chi connectivity index (χ2v) is 2.13. The largest absolute Gasteiger partial charge is 1.00 e. The van der Waals surface area contributed by atoms with Crippen LogP contribution in [0.15, 0.2) is 22.9 Å². The third-order valence-electron chi connectivity index (χ3n) is 0.425. The summed E-state index contributed by atoms with van der Waals surface area (Å²) in [5, 5.41) is 11.5. The van der Waals surface area contributed by atoms with E-state index in [9.17, 15) is 0 Å². The van der Waals surface area contributed by atoms with Crippen molar-refractivity contribution in [1.29, 1.82) is 0 Å². The summed E-state index contributed by atoms with van der Waals surface area (Å²) >= 11 is 1.71. The Labute approximate surface area is 87.7 Å². The monoisotopic (exact) mass is 168 g/mol. The number of thiophene rings is 1. The van der Waals surface area contributed by atoms with Crippen LogP contribution < -0.4 is 29.6 Å². The summed E-state index contributed by atoms with van der Waals surface area (Å²) in [6.45, 7) is 1.08. The molecule has 1 aromatic rings. The molecular formula is C6H9NaO2S. The van der Waals surface area contributed by atoms with Crippen molar-refractivity contribution in [2.75, 3.05) is 0 Å².